The summed E-state index contributed by atoms with van der Waals surface area (Å²) in [5.41, 5.74) is 7.87. The van der Waals surface area contributed by atoms with Gasteiger partial charge in [0.25, 0.3) is 0 Å². The summed E-state index contributed by atoms with van der Waals surface area (Å²) in [6.07, 6.45) is 2.22. The minimum absolute atomic E-state index is 0.0899. The maximum absolute atomic E-state index is 11.8. The number of Topliss-reactive ketones (excluding diaryl/α,β-unsaturated/α-hetero) is 2. The Morgan fingerprint density at radius 3 is 1.70 bits per heavy atom. The van der Waals surface area contributed by atoms with Crippen molar-refractivity contribution in [3.63, 3.8) is 0 Å². The lowest BCUT2D eigenvalue weighted by atomic mass is 9.76. The van der Waals surface area contributed by atoms with E-state index in [9.17, 15) is 9.59 Å². The third-order valence-corrected chi connectivity index (χ3v) is 4.94. The van der Waals surface area contributed by atoms with E-state index in [0.29, 0.717) is 12.8 Å². The Balaban J connectivity index is 2.57. The molecular formula is C18H24O2. The minimum atomic E-state index is 0.0899. The highest BCUT2D eigenvalue weighted by Gasteiger charge is 2.29. The van der Waals surface area contributed by atoms with Crippen molar-refractivity contribution >= 4 is 11.6 Å². The number of carbonyl (C=O) groups is 2. The fourth-order valence-corrected chi connectivity index (χ4v) is 3.75. The van der Waals surface area contributed by atoms with Crippen LogP contribution in [0.3, 0.4) is 0 Å². The predicted molar refractivity (Wildman–Crippen MR) is 81.4 cm³/mol. The number of hydrogen-bond donors (Lipinski definition) is 0. The van der Waals surface area contributed by atoms with Crippen LogP contribution in [0.15, 0.2) is 0 Å². The third-order valence-electron chi connectivity index (χ3n) is 4.94. The normalized spacial score (nSPS) is 16.9. The first-order valence-corrected chi connectivity index (χ1v) is 7.49. The SMILES string of the molecule is CCc1c(C)c(C)c(C2CC(=O)CC(=O)C2)c(C)c1C. The molecule has 0 radical (unpaired) electrons. The maximum atomic E-state index is 11.8. The van der Waals surface area contributed by atoms with Gasteiger partial charge < -0.3 is 0 Å². The second kappa shape index (κ2) is 5.51. The van der Waals surface area contributed by atoms with Crippen LogP contribution in [-0.2, 0) is 16.0 Å². The molecule has 0 aromatic heterocycles. The highest BCUT2D eigenvalue weighted by Crippen LogP contribution is 2.37. The van der Waals surface area contributed by atoms with Gasteiger partial charge in [-0.1, -0.05) is 6.92 Å². The van der Waals surface area contributed by atoms with Crippen LogP contribution in [0.5, 0.6) is 0 Å². The van der Waals surface area contributed by atoms with Gasteiger partial charge in [-0.05, 0) is 73.4 Å². The zero-order chi connectivity index (χ0) is 15.0. The monoisotopic (exact) mass is 272 g/mol. The van der Waals surface area contributed by atoms with Crippen molar-refractivity contribution in [2.45, 2.75) is 66.2 Å². The molecule has 20 heavy (non-hydrogen) atoms. The largest absolute Gasteiger partial charge is 0.299 e. The second-order valence-corrected chi connectivity index (χ2v) is 6.11. The predicted octanol–water partition coefficient (Wildman–Crippen LogP) is 3.89. The van der Waals surface area contributed by atoms with Crippen molar-refractivity contribution in [3.05, 3.63) is 33.4 Å². The zero-order valence-corrected chi connectivity index (χ0v) is 13.2. The molecule has 2 heteroatoms. The van der Waals surface area contributed by atoms with Crippen LogP contribution in [0, 0.1) is 27.7 Å². The summed E-state index contributed by atoms with van der Waals surface area (Å²) in [4.78, 5) is 23.5. The Bertz CT molecular complexity index is 537. The fourth-order valence-electron chi connectivity index (χ4n) is 3.75. The van der Waals surface area contributed by atoms with Crippen molar-refractivity contribution in [1.29, 1.82) is 0 Å². The number of benzene rings is 1. The number of carbonyl (C=O) groups excluding carboxylic acids is 2. The smallest absolute Gasteiger partial charge is 0.140 e. The van der Waals surface area contributed by atoms with E-state index in [1.165, 1.54) is 33.4 Å². The van der Waals surface area contributed by atoms with Gasteiger partial charge in [-0.15, -0.1) is 0 Å². The van der Waals surface area contributed by atoms with Gasteiger partial charge in [-0.25, -0.2) is 0 Å². The van der Waals surface area contributed by atoms with Gasteiger partial charge in [0.05, 0.1) is 6.42 Å². The topological polar surface area (TPSA) is 34.1 Å². The van der Waals surface area contributed by atoms with Crippen molar-refractivity contribution in [3.8, 4) is 0 Å². The Hall–Kier alpha value is -1.44. The molecular weight excluding hydrogens is 248 g/mol. The molecule has 0 bridgehead atoms. The summed E-state index contributed by atoms with van der Waals surface area (Å²) in [7, 11) is 0. The number of hydrogen-bond acceptors (Lipinski definition) is 2. The van der Waals surface area contributed by atoms with Crippen LogP contribution in [0.1, 0.15) is 65.5 Å². The van der Waals surface area contributed by atoms with Gasteiger partial charge in [-0.2, -0.15) is 0 Å². The van der Waals surface area contributed by atoms with E-state index < -0.39 is 0 Å². The van der Waals surface area contributed by atoms with Crippen molar-refractivity contribution in [2.75, 3.05) is 0 Å². The minimum Gasteiger partial charge on any atom is -0.299 e. The van der Waals surface area contributed by atoms with Crippen LogP contribution in [0.4, 0.5) is 0 Å². The molecule has 1 saturated carbocycles. The van der Waals surface area contributed by atoms with Crippen LogP contribution in [0.25, 0.3) is 0 Å². The molecule has 108 valence electrons. The van der Waals surface area contributed by atoms with Gasteiger partial charge in [0.1, 0.15) is 11.6 Å². The first-order chi connectivity index (χ1) is 9.36. The molecule has 2 rings (SSSR count). The number of rotatable bonds is 2. The molecule has 0 unspecified atom stereocenters. The molecule has 0 N–H and O–H groups in total. The standard InChI is InChI=1S/C18H24O2/c1-6-17-10(2)12(4)18(13(5)11(17)3)14-7-15(19)9-16(20)8-14/h14H,6-9H2,1-5H3. The Morgan fingerprint density at radius 1 is 0.850 bits per heavy atom. The summed E-state index contributed by atoms with van der Waals surface area (Å²) in [6, 6.07) is 0. The Morgan fingerprint density at radius 2 is 1.30 bits per heavy atom. The average Bonchev–Trinajstić information content (AvgIpc) is 2.36. The van der Waals surface area contributed by atoms with Gasteiger partial charge in [0.15, 0.2) is 0 Å². The van der Waals surface area contributed by atoms with Crippen molar-refractivity contribution < 1.29 is 9.59 Å². The van der Waals surface area contributed by atoms with Crippen molar-refractivity contribution in [1.82, 2.24) is 0 Å². The molecule has 1 aliphatic rings. The van der Waals surface area contributed by atoms with Crippen LogP contribution < -0.4 is 0 Å². The van der Waals surface area contributed by atoms with Gasteiger partial charge in [-0.3, -0.25) is 9.59 Å². The maximum Gasteiger partial charge on any atom is 0.140 e. The number of ketones is 2. The first kappa shape index (κ1) is 15.0. The van der Waals surface area contributed by atoms with E-state index in [1.54, 1.807) is 0 Å². The fraction of sp³-hybridized carbons (Fsp3) is 0.556. The van der Waals surface area contributed by atoms with E-state index in [2.05, 4.69) is 34.6 Å². The Labute approximate surface area is 121 Å². The van der Waals surface area contributed by atoms with Gasteiger partial charge in [0, 0.05) is 12.8 Å². The van der Waals surface area contributed by atoms with Crippen molar-refractivity contribution in [2.24, 2.45) is 0 Å². The molecule has 0 saturated heterocycles. The summed E-state index contributed by atoms with van der Waals surface area (Å²) in [5, 5.41) is 0. The van der Waals surface area contributed by atoms with E-state index in [0.717, 1.165) is 6.42 Å². The van der Waals surface area contributed by atoms with Crippen LogP contribution in [0.2, 0.25) is 0 Å². The summed E-state index contributed by atoms with van der Waals surface area (Å²) >= 11 is 0. The molecule has 1 aliphatic carbocycles. The van der Waals surface area contributed by atoms with Crippen LogP contribution in [-0.4, -0.2) is 11.6 Å². The summed E-state index contributed by atoms with van der Waals surface area (Å²) in [6.45, 7) is 10.8. The van der Waals surface area contributed by atoms with Gasteiger partial charge >= 0.3 is 0 Å². The highest BCUT2D eigenvalue weighted by molar-refractivity contribution is 6.02. The lowest BCUT2D eigenvalue weighted by Crippen LogP contribution is -2.23. The molecule has 1 aromatic rings. The Kier molecular flexibility index (Phi) is 4.12. The summed E-state index contributed by atoms with van der Waals surface area (Å²) < 4.78 is 0. The van der Waals surface area contributed by atoms with E-state index in [1.807, 2.05) is 0 Å². The lowest BCUT2D eigenvalue weighted by molar-refractivity contribution is -0.130. The van der Waals surface area contributed by atoms with E-state index in [4.69, 9.17) is 0 Å². The average molecular weight is 272 g/mol. The highest BCUT2D eigenvalue weighted by atomic mass is 16.1. The molecule has 0 amide bonds. The summed E-state index contributed by atoms with van der Waals surface area (Å²) in [5.74, 6) is 0.284. The molecule has 1 aromatic carbocycles. The first-order valence-electron chi connectivity index (χ1n) is 7.49. The quantitative estimate of drug-likeness (QED) is 0.765. The molecule has 2 nitrogen and oxygen atoms in total. The van der Waals surface area contributed by atoms with E-state index in [-0.39, 0.29) is 23.9 Å². The molecule has 0 spiro atoms. The van der Waals surface area contributed by atoms with E-state index >= 15 is 0 Å². The second-order valence-electron chi connectivity index (χ2n) is 6.11. The molecule has 1 fully saturated rings. The molecule has 0 aliphatic heterocycles. The lowest BCUT2D eigenvalue weighted by Gasteiger charge is -2.27. The van der Waals surface area contributed by atoms with Gasteiger partial charge in [0.2, 0.25) is 0 Å². The molecule has 0 atom stereocenters. The zero-order valence-electron chi connectivity index (χ0n) is 13.2. The third kappa shape index (κ3) is 2.44. The molecule has 0 heterocycles. The van der Waals surface area contributed by atoms with Crippen LogP contribution >= 0.6 is 0 Å².